The van der Waals surface area contributed by atoms with E-state index in [9.17, 15) is 5.11 Å². The minimum absolute atomic E-state index is 0.112. The van der Waals surface area contributed by atoms with E-state index >= 15 is 0 Å². The fourth-order valence-corrected chi connectivity index (χ4v) is 0.993. The predicted molar refractivity (Wildman–Crippen MR) is 37.5 cm³/mol. The molecule has 0 spiro atoms. The highest BCUT2D eigenvalue weighted by Gasteiger charge is 2.15. The van der Waals surface area contributed by atoms with Crippen LogP contribution in [0.3, 0.4) is 0 Å². The van der Waals surface area contributed by atoms with Crippen LogP contribution in [0.15, 0.2) is 16.7 Å². The number of rotatable bonds is 0. The molecule has 0 atom stereocenters. The van der Waals surface area contributed by atoms with E-state index in [1.165, 1.54) is 12.3 Å². The summed E-state index contributed by atoms with van der Waals surface area (Å²) in [5, 5.41) is 18.7. The van der Waals surface area contributed by atoms with Crippen LogP contribution in [0.4, 0.5) is 5.82 Å². The third kappa shape index (κ3) is 0.542. The summed E-state index contributed by atoms with van der Waals surface area (Å²) in [6.07, 6.45) is 1.36. The number of nitrogens with zero attached hydrogens (tertiary/aromatic N) is 1. The second-order valence-corrected chi connectivity index (χ2v) is 2.19. The number of hydrogen-bond acceptors (Lipinski definition) is 4. The molecule has 2 heterocycles. The Morgan fingerprint density at radius 1 is 1.55 bits per heavy atom. The van der Waals surface area contributed by atoms with E-state index in [1.807, 2.05) is 0 Å². The number of aromatic hydroxyl groups is 1. The van der Waals surface area contributed by atoms with Crippen molar-refractivity contribution in [1.82, 2.24) is 4.73 Å². The summed E-state index contributed by atoms with van der Waals surface area (Å²) in [4.78, 5) is 0. The Hall–Kier alpha value is -1.78. The number of furan rings is 1. The van der Waals surface area contributed by atoms with Crippen LogP contribution in [-0.2, 0) is 0 Å². The SMILES string of the molecule is Nc1c(O)c2ccoc2n1O. The Kier molecular flexibility index (Phi) is 0.883. The highest BCUT2D eigenvalue weighted by molar-refractivity contribution is 5.88. The third-order valence-corrected chi connectivity index (χ3v) is 1.56. The molecule has 0 aliphatic carbocycles. The molecule has 0 bridgehead atoms. The Morgan fingerprint density at radius 2 is 2.27 bits per heavy atom. The predicted octanol–water partition coefficient (Wildman–Crippen LogP) is 0.759. The topological polar surface area (TPSA) is 84.5 Å². The van der Waals surface area contributed by atoms with Crippen molar-refractivity contribution in [2.75, 3.05) is 5.73 Å². The van der Waals surface area contributed by atoms with Crippen LogP contribution in [0.5, 0.6) is 5.75 Å². The van der Waals surface area contributed by atoms with Gasteiger partial charge in [-0.1, -0.05) is 0 Å². The molecule has 5 heteroatoms. The fraction of sp³-hybridized carbons (Fsp3) is 0. The molecule has 2 aromatic rings. The smallest absolute Gasteiger partial charge is 0.245 e. The largest absolute Gasteiger partial charge is 0.504 e. The molecule has 0 saturated carbocycles. The first-order valence-corrected chi connectivity index (χ1v) is 2.97. The fourth-order valence-electron chi connectivity index (χ4n) is 0.993. The number of fused-ring (bicyclic) bond motifs is 1. The summed E-state index contributed by atoms with van der Waals surface area (Å²) >= 11 is 0. The van der Waals surface area contributed by atoms with Gasteiger partial charge in [0.15, 0.2) is 11.6 Å². The molecule has 5 nitrogen and oxygen atoms in total. The summed E-state index contributed by atoms with van der Waals surface area (Å²) < 4.78 is 5.43. The number of anilines is 1. The highest BCUT2D eigenvalue weighted by Crippen LogP contribution is 2.33. The standard InChI is InChI=1S/C6H6N2O3/c7-5-4(9)3-1-2-11-6(3)8(5)10/h1-2,9-10H,7H2. The van der Waals surface area contributed by atoms with Crippen LogP contribution in [-0.4, -0.2) is 15.0 Å². The first-order chi connectivity index (χ1) is 5.22. The van der Waals surface area contributed by atoms with Gasteiger partial charge in [-0.3, -0.25) is 0 Å². The van der Waals surface area contributed by atoms with Crippen molar-refractivity contribution in [1.29, 1.82) is 0 Å². The van der Waals surface area contributed by atoms with Gasteiger partial charge in [0.1, 0.15) is 0 Å². The lowest BCUT2D eigenvalue weighted by atomic mass is 10.4. The second-order valence-electron chi connectivity index (χ2n) is 2.19. The van der Waals surface area contributed by atoms with Crippen LogP contribution in [0.25, 0.3) is 11.1 Å². The zero-order valence-corrected chi connectivity index (χ0v) is 5.48. The van der Waals surface area contributed by atoms with Gasteiger partial charge in [0.05, 0.1) is 11.6 Å². The third-order valence-electron chi connectivity index (χ3n) is 1.56. The second kappa shape index (κ2) is 1.63. The van der Waals surface area contributed by atoms with Gasteiger partial charge in [-0.15, -0.1) is 4.73 Å². The van der Waals surface area contributed by atoms with Gasteiger partial charge in [-0.2, -0.15) is 0 Å². The van der Waals surface area contributed by atoms with E-state index in [1.54, 1.807) is 0 Å². The summed E-state index contributed by atoms with van der Waals surface area (Å²) in [6.45, 7) is 0. The molecule has 0 fully saturated rings. The molecule has 2 aromatic heterocycles. The number of nitrogen functional groups attached to an aromatic ring is 1. The minimum Gasteiger partial charge on any atom is -0.504 e. The monoisotopic (exact) mass is 154 g/mol. The van der Waals surface area contributed by atoms with E-state index in [4.69, 9.17) is 15.4 Å². The molecule has 4 N–H and O–H groups in total. The van der Waals surface area contributed by atoms with Crippen molar-refractivity contribution in [2.45, 2.75) is 0 Å². The lowest BCUT2D eigenvalue weighted by molar-refractivity contribution is 0.193. The zero-order valence-electron chi connectivity index (χ0n) is 5.48. The van der Waals surface area contributed by atoms with Gasteiger partial charge in [-0.05, 0) is 6.07 Å². The van der Waals surface area contributed by atoms with E-state index in [-0.39, 0.29) is 17.3 Å². The van der Waals surface area contributed by atoms with E-state index in [2.05, 4.69) is 0 Å². The first-order valence-electron chi connectivity index (χ1n) is 2.97. The normalized spacial score (nSPS) is 10.9. The van der Waals surface area contributed by atoms with E-state index < -0.39 is 0 Å². The Balaban J connectivity index is 3.00. The van der Waals surface area contributed by atoms with Gasteiger partial charge in [0.2, 0.25) is 5.71 Å². The minimum atomic E-state index is -0.156. The molecule has 11 heavy (non-hydrogen) atoms. The van der Waals surface area contributed by atoms with Gasteiger partial charge in [0.25, 0.3) is 0 Å². The van der Waals surface area contributed by atoms with Gasteiger partial charge >= 0.3 is 0 Å². The lowest BCUT2D eigenvalue weighted by Crippen LogP contribution is -1.95. The molecule has 0 aromatic carbocycles. The molecule has 0 amide bonds. The van der Waals surface area contributed by atoms with Gasteiger partial charge < -0.3 is 20.5 Å². The molecular formula is C6H6N2O3. The van der Waals surface area contributed by atoms with Crippen LogP contribution in [0.2, 0.25) is 0 Å². The van der Waals surface area contributed by atoms with Gasteiger partial charge in [0, 0.05) is 0 Å². The molecule has 0 aliphatic rings. The number of hydrogen-bond donors (Lipinski definition) is 3. The van der Waals surface area contributed by atoms with Crippen molar-refractivity contribution >= 4 is 16.9 Å². The zero-order chi connectivity index (χ0) is 8.01. The average Bonchev–Trinajstić information content (AvgIpc) is 2.53. The van der Waals surface area contributed by atoms with Crippen LogP contribution in [0.1, 0.15) is 0 Å². The molecule has 0 radical (unpaired) electrons. The van der Waals surface area contributed by atoms with Crippen LogP contribution < -0.4 is 5.73 Å². The molecule has 0 aliphatic heterocycles. The van der Waals surface area contributed by atoms with E-state index in [0.29, 0.717) is 10.1 Å². The summed E-state index contributed by atoms with van der Waals surface area (Å²) in [6, 6.07) is 1.52. The van der Waals surface area contributed by atoms with Crippen molar-refractivity contribution < 1.29 is 14.7 Å². The van der Waals surface area contributed by atoms with E-state index in [0.717, 1.165) is 0 Å². The average molecular weight is 154 g/mol. The maximum absolute atomic E-state index is 9.20. The molecule has 2 rings (SSSR count). The summed E-state index contributed by atoms with van der Waals surface area (Å²) in [5.41, 5.74) is 5.41. The quantitative estimate of drug-likeness (QED) is 0.489. The number of aromatic nitrogens is 1. The van der Waals surface area contributed by atoms with Crippen LogP contribution >= 0.6 is 0 Å². The summed E-state index contributed by atoms with van der Waals surface area (Å²) in [7, 11) is 0. The Labute approximate surface area is 61.2 Å². The molecule has 0 saturated heterocycles. The maximum Gasteiger partial charge on any atom is 0.245 e. The molecule has 58 valence electrons. The lowest BCUT2D eigenvalue weighted by Gasteiger charge is -1.92. The summed E-state index contributed by atoms with van der Waals surface area (Å²) in [5.74, 6) is -0.268. The van der Waals surface area contributed by atoms with Crippen molar-refractivity contribution in [3.63, 3.8) is 0 Å². The van der Waals surface area contributed by atoms with Crippen molar-refractivity contribution in [3.05, 3.63) is 12.3 Å². The molecular weight excluding hydrogens is 148 g/mol. The van der Waals surface area contributed by atoms with Crippen LogP contribution in [0, 0.1) is 0 Å². The Morgan fingerprint density at radius 3 is 2.91 bits per heavy atom. The van der Waals surface area contributed by atoms with Gasteiger partial charge in [-0.25, -0.2) is 0 Å². The highest BCUT2D eigenvalue weighted by atomic mass is 16.5. The first kappa shape index (κ1) is 5.96. The maximum atomic E-state index is 9.20. The number of nitrogens with two attached hydrogens (primary N) is 1. The molecule has 0 unspecified atom stereocenters. The Bertz CT molecular complexity index is 367. The van der Waals surface area contributed by atoms with Crippen molar-refractivity contribution in [3.8, 4) is 5.75 Å². The van der Waals surface area contributed by atoms with Crippen molar-refractivity contribution in [2.24, 2.45) is 0 Å².